The van der Waals surface area contributed by atoms with E-state index in [2.05, 4.69) is 39.5 Å². The fourth-order valence-electron chi connectivity index (χ4n) is 2.94. The second-order valence-corrected chi connectivity index (χ2v) is 6.37. The van der Waals surface area contributed by atoms with Gasteiger partial charge in [0.2, 0.25) is 0 Å². The van der Waals surface area contributed by atoms with Gasteiger partial charge in [0.15, 0.2) is 0 Å². The molecule has 0 heterocycles. The van der Waals surface area contributed by atoms with Crippen LogP contribution in [0.3, 0.4) is 0 Å². The van der Waals surface area contributed by atoms with Crippen molar-refractivity contribution in [2.45, 2.75) is 78.5 Å². The minimum absolute atomic E-state index is 0.123. The number of rotatable bonds is 4. The Morgan fingerprint density at radius 2 is 2.00 bits per heavy atom. The molecule has 0 aromatic carbocycles. The normalized spacial score (nSPS) is 30.0. The molecule has 0 bridgehead atoms. The first kappa shape index (κ1) is 14.0. The van der Waals surface area contributed by atoms with Crippen molar-refractivity contribution < 1.29 is 5.11 Å². The molecule has 2 heteroatoms. The van der Waals surface area contributed by atoms with Crippen molar-refractivity contribution in [3.05, 3.63) is 0 Å². The molecule has 0 aromatic rings. The van der Waals surface area contributed by atoms with Gasteiger partial charge in [0.1, 0.15) is 0 Å². The summed E-state index contributed by atoms with van der Waals surface area (Å²) in [6.45, 7) is 12.5. The Balaban J connectivity index is 2.72. The van der Waals surface area contributed by atoms with Gasteiger partial charge in [-0.15, -0.1) is 0 Å². The lowest BCUT2D eigenvalue weighted by molar-refractivity contribution is -0.0290. The summed E-state index contributed by atoms with van der Waals surface area (Å²) in [5, 5.41) is 10.2. The average molecular weight is 227 g/mol. The van der Waals surface area contributed by atoms with Crippen LogP contribution in [0.5, 0.6) is 0 Å². The second-order valence-electron chi connectivity index (χ2n) is 6.37. The highest BCUT2D eigenvalue weighted by Crippen LogP contribution is 2.38. The fourth-order valence-corrected chi connectivity index (χ4v) is 2.94. The quantitative estimate of drug-likeness (QED) is 0.798. The molecule has 0 saturated heterocycles. The van der Waals surface area contributed by atoms with Gasteiger partial charge in [-0.3, -0.25) is 4.90 Å². The topological polar surface area (TPSA) is 23.5 Å². The van der Waals surface area contributed by atoms with Crippen LogP contribution in [-0.2, 0) is 0 Å². The van der Waals surface area contributed by atoms with Crippen molar-refractivity contribution in [1.29, 1.82) is 0 Å². The van der Waals surface area contributed by atoms with Gasteiger partial charge < -0.3 is 5.11 Å². The van der Waals surface area contributed by atoms with E-state index in [1.807, 2.05) is 0 Å². The second kappa shape index (κ2) is 5.50. The van der Waals surface area contributed by atoms with Crippen LogP contribution >= 0.6 is 0 Å². The van der Waals surface area contributed by atoms with Crippen molar-refractivity contribution in [3.8, 4) is 0 Å². The van der Waals surface area contributed by atoms with Crippen LogP contribution in [0.1, 0.15) is 60.3 Å². The highest BCUT2D eigenvalue weighted by atomic mass is 16.3. The summed E-state index contributed by atoms with van der Waals surface area (Å²) in [6, 6.07) is 0.900. The summed E-state index contributed by atoms with van der Waals surface area (Å²) in [6.07, 6.45) is 4.29. The Labute approximate surface area is 101 Å². The van der Waals surface area contributed by atoms with E-state index in [-0.39, 0.29) is 6.10 Å². The largest absolute Gasteiger partial charge is 0.391 e. The smallest absolute Gasteiger partial charge is 0.0695 e. The molecular formula is C14H29NO. The third-order valence-electron chi connectivity index (χ3n) is 3.89. The van der Waals surface area contributed by atoms with Gasteiger partial charge in [-0.2, -0.15) is 0 Å². The van der Waals surface area contributed by atoms with Crippen molar-refractivity contribution in [2.24, 2.45) is 5.41 Å². The minimum Gasteiger partial charge on any atom is -0.391 e. The third kappa shape index (κ3) is 3.46. The molecule has 2 atom stereocenters. The molecule has 0 spiro atoms. The summed E-state index contributed by atoms with van der Waals surface area (Å²) < 4.78 is 0. The summed E-state index contributed by atoms with van der Waals surface area (Å²) in [5.74, 6) is 0. The first-order valence-corrected chi connectivity index (χ1v) is 6.81. The fraction of sp³-hybridized carbons (Fsp3) is 1.00. The van der Waals surface area contributed by atoms with Crippen LogP contribution in [0.15, 0.2) is 0 Å². The van der Waals surface area contributed by atoms with Gasteiger partial charge >= 0.3 is 0 Å². The van der Waals surface area contributed by atoms with Gasteiger partial charge in [0.05, 0.1) is 6.10 Å². The van der Waals surface area contributed by atoms with E-state index in [4.69, 9.17) is 0 Å². The number of aliphatic hydroxyl groups is 1. The van der Waals surface area contributed by atoms with Crippen LogP contribution < -0.4 is 0 Å². The molecule has 16 heavy (non-hydrogen) atoms. The predicted molar refractivity (Wildman–Crippen MR) is 69.6 cm³/mol. The van der Waals surface area contributed by atoms with E-state index in [1.54, 1.807) is 0 Å². The Kier molecular flexibility index (Phi) is 4.81. The van der Waals surface area contributed by atoms with Crippen molar-refractivity contribution in [3.63, 3.8) is 0 Å². The predicted octanol–water partition coefficient (Wildman–Crippen LogP) is 3.05. The van der Waals surface area contributed by atoms with Crippen LogP contribution in [0.2, 0.25) is 0 Å². The summed E-state index contributed by atoms with van der Waals surface area (Å²) in [7, 11) is 0. The van der Waals surface area contributed by atoms with Crippen LogP contribution in [-0.4, -0.2) is 34.7 Å². The zero-order chi connectivity index (χ0) is 12.3. The Morgan fingerprint density at radius 1 is 1.38 bits per heavy atom. The van der Waals surface area contributed by atoms with Crippen molar-refractivity contribution in [2.75, 3.05) is 6.54 Å². The van der Waals surface area contributed by atoms with Crippen molar-refractivity contribution in [1.82, 2.24) is 4.90 Å². The maximum Gasteiger partial charge on any atom is 0.0695 e. The zero-order valence-corrected chi connectivity index (χ0v) is 11.7. The first-order valence-electron chi connectivity index (χ1n) is 6.81. The molecule has 1 aliphatic carbocycles. The Bertz CT molecular complexity index is 213. The molecule has 2 unspecified atom stereocenters. The maximum absolute atomic E-state index is 10.2. The first-order chi connectivity index (χ1) is 7.37. The number of hydrogen-bond donors (Lipinski definition) is 1. The molecule has 1 aliphatic rings. The zero-order valence-electron chi connectivity index (χ0n) is 11.7. The van der Waals surface area contributed by atoms with Gasteiger partial charge in [-0.25, -0.2) is 0 Å². The number of nitrogens with zero attached hydrogens (tertiary/aromatic N) is 1. The van der Waals surface area contributed by atoms with E-state index >= 15 is 0 Å². The summed E-state index contributed by atoms with van der Waals surface area (Å²) in [5.41, 5.74) is 0.394. The van der Waals surface area contributed by atoms with Crippen LogP contribution in [0.4, 0.5) is 0 Å². The minimum atomic E-state index is -0.123. The highest BCUT2D eigenvalue weighted by Gasteiger charge is 2.37. The van der Waals surface area contributed by atoms with E-state index in [0.717, 1.165) is 25.8 Å². The summed E-state index contributed by atoms with van der Waals surface area (Å²) >= 11 is 0. The average Bonchev–Trinajstić information content (AvgIpc) is 2.18. The molecule has 1 fully saturated rings. The van der Waals surface area contributed by atoms with Gasteiger partial charge in [0.25, 0.3) is 0 Å². The van der Waals surface area contributed by atoms with Gasteiger partial charge in [-0.1, -0.05) is 20.8 Å². The molecule has 1 saturated carbocycles. The third-order valence-corrected chi connectivity index (χ3v) is 3.89. The number of aliphatic hydroxyl groups excluding tert-OH is 1. The van der Waals surface area contributed by atoms with Crippen LogP contribution in [0, 0.1) is 5.41 Å². The van der Waals surface area contributed by atoms with E-state index in [0.29, 0.717) is 17.5 Å². The standard InChI is InChI=1S/C14H29NO/c1-6-9-15(11(2)3)12-10-14(4,5)8-7-13(12)16/h11-13,16H,6-10H2,1-5H3. The molecule has 0 aliphatic heterocycles. The molecule has 0 amide bonds. The molecular weight excluding hydrogens is 198 g/mol. The monoisotopic (exact) mass is 227 g/mol. The molecule has 96 valence electrons. The number of hydrogen-bond acceptors (Lipinski definition) is 2. The van der Waals surface area contributed by atoms with Gasteiger partial charge in [-0.05, 0) is 51.5 Å². The molecule has 2 nitrogen and oxygen atoms in total. The molecule has 1 rings (SSSR count). The van der Waals surface area contributed by atoms with Crippen LogP contribution in [0.25, 0.3) is 0 Å². The maximum atomic E-state index is 10.2. The SMILES string of the molecule is CCCN(C(C)C)C1CC(C)(C)CCC1O. The molecule has 1 N–H and O–H groups in total. The highest BCUT2D eigenvalue weighted by molar-refractivity contribution is 4.91. The molecule has 0 radical (unpaired) electrons. The molecule has 0 aromatic heterocycles. The van der Waals surface area contributed by atoms with E-state index in [1.165, 1.54) is 6.42 Å². The van der Waals surface area contributed by atoms with E-state index < -0.39 is 0 Å². The lowest BCUT2D eigenvalue weighted by Crippen LogP contribution is -2.52. The van der Waals surface area contributed by atoms with E-state index in [9.17, 15) is 5.11 Å². The Morgan fingerprint density at radius 3 is 2.50 bits per heavy atom. The lowest BCUT2D eigenvalue weighted by Gasteiger charge is -2.45. The van der Waals surface area contributed by atoms with Crippen molar-refractivity contribution >= 4 is 0 Å². The summed E-state index contributed by atoms with van der Waals surface area (Å²) in [4.78, 5) is 2.49. The van der Waals surface area contributed by atoms with Gasteiger partial charge in [0, 0.05) is 12.1 Å². The lowest BCUT2D eigenvalue weighted by atomic mass is 9.73. The Hall–Kier alpha value is -0.0800.